The molecule has 0 N–H and O–H groups in total. The number of carbonyl (C=O) groups excluding carboxylic acids is 2. The van der Waals surface area contributed by atoms with Gasteiger partial charge in [0.15, 0.2) is 0 Å². The lowest BCUT2D eigenvalue weighted by Crippen LogP contribution is -2.42. The lowest BCUT2D eigenvalue weighted by Gasteiger charge is -2.16. The highest BCUT2D eigenvalue weighted by Gasteiger charge is 2.44. The number of esters is 2. The molecule has 0 fully saturated rings. The SMILES string of the molecule is CCCOC(=O)C(C)(F)C(=O)OCCC. The fraction of sp³-hybridized carbons (Fsp3) is 0.800. The Kier molecular flexibility index (Phi) is 5.89. The summed E-state index contributed by atoms with van der Waals surface area (Å²) in [5.41, 5.74) is -2.70. The van der Waals surface area contributed by atoms with Gasteiger partial charge in [-0.1, -0.05) is 13.8 Å². The van der Waals surface area contributed by atoms with Crippen LogP contribution in [0, 0.1) is 0 Å². The van der Waals surface area contributed by atoms with Crippen molar-refractivity contribution >= 4 is 11.9 Å². The van der Waals surface area contributed by atoms with Gasteiger partial charge in [-0.2, -0.15) is 0 Å². The Morgan fingerprint density at radius 2 is 1.40 bits per heavy atom. The van der Waals surface area contributed by atoms with Crippen LogP contribution in [0.25, 0.3) is 0 Å². The summed E-state index contributed by atoms with van der Waals surface area (Å²) in [5, 5.41) is 0. The molecule has 0 bridgehead atoms. The molecule has 88 valence electrons. The van der Waals surface area contributed by atoms with E-state index in [1.807, 2.05) is 0 Å². The van der Waals surface area contributed by atoms with E-state index < -0.39 is 17.6 Å². The van der Waals surface area contributed by atoms with Crippen molar-refractivity contribution in [2.75, 3.05) is 13.2 Å². The minimum absolute atomic E-state index is 0.0966. The monoisotopic (exact) mass is 220 g/mol. The molecule has 0 aliphatic heterocycles. The lowest BCUT2D eigenvalue weighted by atomic mass is 10.1. The Morgan fingerprint density at radius 1 is 1.07 bits per heavy atom. The highest BCUT2D eigenvalue weighted by molar-refractivity contribution is 6.02. The molecule has 0 saturated heterocycles. The fourth-order valence-corrected chi connectivity index (χ4v) is 0.744. The second-order valence-corrected chi connectivity index (χ2v) is 3.27. The maximum Gasteiger partial charge on any atom is 0.355 e. The van der Waals surface area contributed by atoms with Crippen molar-refractivity contribution in [3.63, 3.8) is 0 Å². The molecule has 5 heteroatoms. The van der Waals surface area contributed by atoms with Gasteiger partial charge in [-0.15, -0.1) is 0 Å². The zero-order valence-corrected chi connectivity index (χ0v) is 9.34. The van der Waals surface area contributed by atoms with Crippen molar-refractivity contribution < 1.29 is 23.5 Å². The predicted octanol–water partition coefficient (Wildman–Crippen LogP) is 1.62. The molecule has 0 amide bonds. The molecule has 0 heterocycles. The molecule has 0 aliphatic rings. The van der Waals surface area contributed by atoms with Crippen LogP contribution in [-0.4, -0.2) is 30.8 Å². The van der Waals surface area contributed by atoms with Crippen LogP contribution >= 0.6 is 0 Å². The van der Waals surface area contributed by atoms with Crippen LogP contribution < -0.4 is 0 Å². The van der Waals surface area contributed by atoms with Gasteiger partial charge in [0.25, 0.3) is 5.67 Å². The Bertz CT molecular complexity index is 203. The zero-order chi connectivity index (χ0) is 11.9. The van der Waals surface area contributed by atoms with Crippen LogP contribution in [0.3, 0.4) is 0 Å². The Labute approximate surface area is 88.7 Å². The minimum Gasteiger partial charge on any atom is -0.463 e. The first-order valence-electron chi connectivity index (χ1n) is 5.00. The Morgan fingerprint density at radius 3 is 1.67 bits per heavy atom. The second kappa shape index (κ2) is 6.37. The normalized spacial score (nSPS) is 10.9. The van der Waals surface area contributed by atoms with Gasteiger partial charge in [0.05, 0.1) is 13.2 Å². The smallest absolute Gasteiger partial charge is 0.355 e. The van der Waals surface area contributed by atoms with Crippen LogP contribution in [-0.2, 0) is 19.1 Å². The molecule has 0 rings (SSSR count). The Balaban J connectivity index is 4.24. The van der Waals surface area contributed by atoms with Crippen LogP contribution in [0.4, 0.5) is 4.39 Å². The summed E-state index contributed by atoms with van der Waals surface area (Å²) in [6.45, 7) is 4.60. The van der Waals surface area contributed by atoms with Crippen molar-refractivity contribution in [1.29, 1.82) is 0 Å². The maximum absolute atomic E-state index is 13.6. The Hall–Kier alpha value is -1.13. The van der Waals surface area contributed by atoms with Gasteiger partial charge in [0, 0.05) is 0 Å². The fourth-order valence-electron chi connectivity index (χ4n) is 0.744. The third kappa shape index (κ3) is 4.27. The predicted molar refractivity (Wildman–Crippen MR) is 52.0 cm³/mol. The van der Waals surface area contributed by atoms with E-state index in [-0.39, 0.29) is 13.2 Å². The zero-order valence-electron chi connectivity index (χ0n) is 9.34. The third-order valence-electron chi connectivity index (χ3n) is 1.64. The summed E-state index contributed by atoms with van der Waals surface area (Å²) < 4.78 is 22.7. The molecule has 0 aromatic carbocycles. The van der Waals surface area contributed by atoms with Gasteiger partial charge in [0.1, 0.15) is 0 Å². The number of rotatable bonds is 6. The number of halogens is 1. The van der Waals surface area contributed by atoms with Crippen molar-refractivity contribution in [2.45, 2.75) is 39.3 Å². The van der Waals surface area contributed by atoms with Crippen LogP contribution in [0.5, 0.6) is 0 Å². The largest absolute Gasteiger partial charge is 0.463 e. The molecule has 15 heavy (non-hydrogen) atoms. The molecule has 0 unspecified atom stereocenters. The van der Waals surface area contributed by atoms with Crippen LogP contribution in [0.2, 0.25) is 0 Å². The summed E-state index contributed by atoms with van der Waals surface area (Å²) >= 11 is 0. The van der Waals surface area contributed by atoms with E-state index in [1.54, 1.807) is 13.8 Å². The van der Waals surface area contributed by atoms with Gasteiger partial charge >= 0.3 is 11.9 Å². The number of ether oxygens (including phenoxy) is 2. The van der Waals surface area contributed by atoms with Gasteiger partial charge < -0.3 is 9.47 Å². The van der Waals surface area contributed by atoms with E-state index in [0.29, 0.717) is 12.8 Å². The summed E-state index contributed by atoms with van der Waals surface area (Å²) in [5.74, 6) is -2.38. The standard InChI is InChI=1S/C10H17FO4/c1-4-6-14-8(12)10(3,11)9(13)15-7-5-2/h4-7H2,1-3H3. The van der Waals surface area contributed by atoms with Gasteiger partial charge in [-0.3, -0.25) is 0 Å². The van der Waals surface area contributed by atoms with Gasteiger partial charge in [0.2, 0.25) is 0 Å². The number of hydrogen-bond acceptors (Lipinski definition) is 4. The highest BCUT2D eigenvalue weighted by atomic mass is 19.1. The van der Waals surface area contributed by atoms with Crippen molar-refractivity contribution in [3.05, 3.63) is 0 Å². The van der Waals surface area contributed by atoms with E-state index in [9.17, 15) is 14.0 Å². The van der Waals surface area contributed by atoms with E-state index >= 15 is 0 Å². The summed E-state index contributed by atoms with van der Waals surface area (Å²) in [6, 6.07) is 0. The molecule has 0 radical (unpaired) electrons. The second-order valence-electron chi connectivity index (χ2n) is 3.27. The number of alkyl halides is 1. The minimum atomic E-state index is -2.70. The molecular formula is C10H17FO4. The van der Waals surface area contributed by atoms with E-state index in [1.165, 1.54) is 0 Å². The third-order valence-corrected chi connectivity index (χ3v) is 1.64. The summed E-state index contributed by atoms with van der Waals surface area (Å²) in [4.78, 5) is 22.3. The number of carbonyl (C=O) groups is 2. The topological polar surface area (TPSA) is 52.6 Å². The first-order chi connectivity index (χ1) is 6.96. The quantitative estimate of drug-likeness (QED) is 0.504. The molecule has 0 aliphatic carbocycles. The first kappa shape index (κ1) is 13.9. The van der Waals surface area contributed by atoms with Crippen molar-refractivity contribution in [3.8, 4) is 0 Å². The van der Waals surface area contributed by atoms with Crippen LogP contribution in [0.1, 0.15) is 33.6 Å². The molecule has 4 nitrogen and oxygen atoms in total. The van der Waals surface area contributed by atoms with Gasteiger partial charge in [-0.25, -0.2) is 14.0 Å². The average Bonchev–Trinajstić information content (AvgIpc) is 2.21. The molecule has 0 atom stereocenters. The van der Waals surface area contributed by atoms with E-state index in [2.05, 4.69) is 9.47 Å². The molecule has 0 saturated carbocycles. The lowest BCUT2D eigenvalue weighted by molar-refractivity contribution is -0.173. The van der Waals surface area contributed by atoms with E-state index in [0.717, 1.165) is 6.92 Å². The van der Waals surface area contributed by atoms with E-state index in [4.69, 9.17) is 0 Å². The van der Waals surface area contributed by atoms with Crippen molar-refractivity contribution in [2.24, 2.45) is 0 Å². The molecule has 0 spiro atoms. The first-order valence-corrected chi connectivity index (χ1v) is 5.00. The highest BCUT2D eigenvalue weighted by Crippen LogP contribution is 2.15. The average molecular weight is 220 g/mol. The van der Waals surface area contributed by atoms with Crippen molar-refractivity contribution in [1.82, 2.24) is 0 Å². The maximum atomic E-state index is 13.6. The van der Waals surface area contributed by atoms with Gasteiger partial charge in [-0.05, 0) is 19.8 Å². The summed E-state index contributed by atoms with van der Waals surface area (Å²) in [7, 11) is 0. The molecule has 0 aromatic rings. The molecule has 0 aromatic heterocycles. The number of hydrogen-bond donors (Lipinski definition) is 0. The molecular weight excluding hydrogens is 203 g/mol. The van der Waals surface area contributed by atoms with Crippen LogP contribution in [0.15, 0.2) is 0 Å². The summed E-state index contributed by atoms with van der Waals surface area (Å²) in [6.07, 6.45) is 1.15.